The molecule has 0 spiro atoms. The summed E-state index contributed by atoms with van der Waals surface area (Å²) in [6.07, 6.45) is 9.22. The number of thiophene rings is 1. The van der Waals surface area contributed by atoms with Crippen LogP contribution in [0.25, 0.3) is 0 Å². The van der Waals surface area contributed by atoms with Gasteiger partial charge in [-0.3, -0.25) is 0 Å². The molecular formula is C16H20OS. The highest BCUT2D eigenvalue weighted by molar-refractivity contribution is 7.09. The lowest BCUT2D eigenvalue weighted by Gasteiger charge is -1.78. The molecule has 2 aromatic heterocycles. The molecule has 1 aliphatic rings. The molecule has 0 N–H and O–H groups in total. The molecule has 0 saturated carbocycles. The molecule has 96 valence electrons. The maximum absolute atomic E-state index is 4.83. The van der Waals surface area contributed by atoms with Gasteiger partial charge in [0.05, 0.1) is 6.26 Å². The molecule has 0 aromatic carbocycles. The lowest BCUT2D eigenvalue weighted by molar-refractivity contribution is 0.534. The van der Waals surface area contributed by atoms with Gasteiger partial charge >= 0.3 is 0 Å². The molecule has 3 rings (SSSR count). The van der Waals surface area contributed by atoms with Gasteiger partial charge < -0.3 is 4.42 Å². The fourth-order valence-corrected chi connectivity index (χ4v) is 1.80. The molecule has 0 radical (unpaired) electrons. The first kappa shape index (κ1) is 14.5. The van der Waals surface area contributed by atoms with Gasteiger partial charge in [0.15, 0.2) is 0 Å². The van der Waals surface area contributed by atoms with Gasteiger partial charge in [0.2, 0.25) is 0 Å². The first-order valence-corrected chi connectivity index (χ1v) is 6.89. The average molecular weight is 260 g/mol. The Morgan fingerprint density at radius 2 is 1.94 bits per heavy atom. The molecule has 0 amide bonds. The Bertz CT molecular complexity index is 429. The minimum Gasteiger partial charge on any atom is -0.470 e. The average Bonchev–Trinajstić information content (AvgIpc) is 3.05. The Morgan fingerprint density at radius 3 is 2.11 bits per heavy atom. The third-order valence-corrected chi connectivity index (χ3v) is 3.08. The van der Waals surface area contributed by atoms with Gasteiger partial charge in [0.25, 0.3) is 0 Å². The summed E-state index contributed by atoms with van der Waals surface area (Å²) in [4.78, 5) is 1.38. The lowest BCUT2D eigenvalue weighted by Crippen LogP contribution is -1.58. The van der Waals surface area contributed by atoms with Crippen molar-refractivity contribution in [3.05, 3.63) is 70.3 Å². The third kappa shape index (κ3) is 6.92. The zero-order valence-electron chi connectivity index (χ0n) is 11.2. The van der Waals surface area contributed by atoms with Crippen molar-refractivity contribution in [3.63, 3.8) is 0 Å². The van der Waals surface area contributed by atoms with Crippen LogP contribution in [0.15, 0.2) is 64.1 Å². The van der Waals surface area contributed by atoms with Crippen LogP contribution in [0.1, 0.15) is 24.0 Å². The van der Waals surface area contributed by atoms with E-state index in [4.69, 9.17) is 4.42 Å². The van der Waals surface area contributed by atoms with E-state index in [1.165, 1.54) is 16.9 Å². The Morgan fingerprint density at radius 1 is 1.11 bits per heavy atom. The number of aryl methyl sites for hydroxylation is 2. The van der Waals surface area contributed by atoms with E-state index < -0.39 is 0 Å². The molecule has 2 heteroatoms. The summed E-state index contributed by atoms with van der Waals surface area (Å²) in [7, 11) is 0. The predicted molar refractivity (Wildman–Crippen MR) is 80.0 cm³/mol. The molecule has 18 heavy (non-hydrogen) atoms. The second kappa shape index (κ2) is 8.54. The smallest absolute Gasteiger partial charge is 0.100 e. The van der Waals surface area contributed by atoms with Crippen molar-refractivity contribution in [2.75, 3.05) is 0 Å². The van der Waals surface area contributed by atoms with E-state index in [2.05, 4.69) is 49.6 Å². The van der Waals surface area contributed by atoms with Crippen LogP contribution in [-0.4, -0.2) is 0 Å². The molecule has 0 saturated heterocycles. The number of allylic oxidation sites excluding steroid dienone is 4. The lowest BCUT2D eigenvalue weighted by atomic mass is 10.3. The van der Waals surface area contributed by atoms with Gasteiger partial charge in [-0.2, -0.15) is 0 Å². The van der Waals surface area contributed by atoms with Crippen molar-refractivity contribution in [1.82, 2.24) is 0 Å². The summed E-state index contributed by atoms with van der Waals surface area (Å²) in [6, 6.07) is 7.94. The fraction of sp³-hybridized carbons (Fsp3) is 0.250. The topological polar surface area (TPSA) is 13.1 Å². The van der Waals surface area contributed by atoms with E-state index in [1.807, 2.05) is 19.1 Å². The van der Waals surface area contributed by atoms with E-state index in [0.717, 1.165) is 5.76 Å². The summed E-state index contributed by atoms with van der Waals surface area (Å²) in [5.41, 5.74) is 1.47. The zero-order valence-corrected chi connectivity index (χ0v) is 12.0. The van der Waals surface area contributed by atoms with Crippen molar-refractivity contribution in [2.45, 2.75) is 27.2 Å². The monoisotopic (exact) mass is 260 g/mol. The fourth-order valence-electron chi connectivity index (χ4n) is 1.28. The Balaban J connectivity index is 0.000000135. The second-order valence-electron chi connectivity index (χ2n) is 4.09. The molecule has 0 fully saturated rings. The van der Waals surface area contributed by atoms with Gasteiger partial charge in [0.1, 0.15) is 5.76 Å². The van der Waals surface area contributed by atoms with Gasteiger partial charge in [-0.1, -0.05) is 29.9 Å². The minimum absolute atomic E-state index is 0.968. The number of rotatable bonds is 0. The van der Waals surface area contributed by atoms with Crippen LogP contribution in [0, 0.1) is 13.8 Å². The van der Waals surface area contributed by atoms with Crippen LogP contribution in [0.3, 0.4) is 0 Å². The maximum Gasteiger partial charge on any atom is 0.100 e. The van der Waals surface area contributed by atoms with Crippen LogP contribution < -0.4 is 0 Å². The van der Waals surface area contributed by atoms with Crippen molar-refractivity contribution in [2.24, 2.45) is 0 Å². The Kier molecular flexibility index (Phi) is 6.89. The molecule has 0 aliphatic heterocycles. The molecule has 2 aromatic rings. The predicted octanol–water partition coefficient (Wildman–Crippen LogP) is 5.54. The third-order valence-electron chi connectivity index (χ3n) is 2.28. The van der Waals surface area contributed by atoms with E-state index in [-0.39, 0.29) is 0 Å². The van der Waals surface area contributed by atoms with Gasteiger partial charge in [0, 0.05) is 4.88 Å². The largest absolute Gasteiger partial charge is 0.470 e. The Labute approximate surface area is 113 Å². The number of hydrogen-bond acceptors (Lipinski definition) is 2. The molecule has 1 aliphatic carbocycles. The molecule has 0 unspecified atom stereocenters. The molecule has 0 atom stereocenters. The van der Waals surface area contributed by atoms with Crippen LogP contribution in [0.5, 0.6) is 0 Å². The number of furan rings is 1. The van der Waals surface area contributed by atoms with E-state index >= 15 is 0 Å². The first-order valence-electron chi connectivity index (χ1n) is 6.01. The molecule has 2 heterocycles. The van der Waals surface area contributed by atoms with Crippen molar-refractivity contribution in [3.8, 4) is 0 Å². The van der Waals surface area contributed by atoms with Gasteiger partial charge in [-0.25, -0.2) is 0 Å². The van der Waals surface area contributed by atoms with Gasteiger partial charge in [-0.05, 0) is 50.8 Å². The van der Waals surface area contributed by atoms with Gasteiger partial charge in [-0.15, -0.1) is 11.3 Å². The van der Waals surface area contributed by atoms with Crippen molar-refractivity contribution < 1.29 is 4.42 Å². The quantitative estimate of drug-likeness (QED) is 0.606. The second-order valence-corrected chi connectivity index (χ2v) is 5.24. The van der Waals surface area contributed by atoms with Crippen LogP contribution >= 0.6 is 11.3 Å². The minimum atomic E-state index is 0.968. The highest BCUT2D eigenvalue weighted by Crippen LogP contribution is 2.06. The van der Waals surface area contributed by atoms with E-state index in [0.29, 0.717) is 0 Å². The highest BCUT2D eigenvalue weighted by atomic mass is 32.1. The molecular weight excluding hydrogens is 240 g/mol. The summed E-state index contributed by atoms with van der Waals surface area (Å²) in [5, 5.41) is 2.08. The highest BCUT2D eigenvalue weighted by Gasteiger charge is 1.86. The Hall–Kier alpha value is -1.54. The normalized spacial score (nSPS) is 12.1. The zero-order chi connectivity index (χ0) is 13.2. The molecule has 0 bridgehead atoms. The van der Waals surface area contributed by atoms with Crippen LogP contribution in [-0.2, 0) is 0 Å². The molecule has 1 nitrogen and oxygen atoms in total. The summed E-state index contributed by atoms with van der Waals surface area (Å²) in [5.74, 6) is 0.968. The van der Waals surface area contributed by atoms with E-state index in [9.17, 15) is 0 Å². The van der Waals surface area contributed by atoms with E-state index in [1.54, 1.807) is 17.6 Å². The van der Waals surface area contributed by atoms with Crippen molar-refractivity contribution in [1.29, 1.82) is 0 Å². The number of hydrogen-bond donors (Lipinski definition) is 0. The summed E-state index contributed by atoms with van der Waals surface area (Å²) >= 11 is 1.78. The summed E-state index contributed by atoms with van der Waals surface area (Å²) < 4.78 is 4.83. The first-order chi connectivity index (χ1) is 8.68. The van der Waals surface area contributed by atoms with Crippen molar-refractivity contribution >= 4 is 11.3 Å². The standard InChI is InChI=1S/C6H8.C5H6O.C5H6S/c1-6-4-2-3-5-6;2*1-5-3-2-4-6-5/h2-4H,5H2,1H3;2*2-4H,1H3. The van der Waals surface area contributed by atoms with Crippen LogP contribution in [0.4, 0.5) is 0 Å². The maximum atomic E-state index is 4.83. The summed E-state index contributed by atoms with van der Waals surface area (Å²) in [6.45, 7) is 6.16. The SMILES string of the molecule is CC1=CC=CC1.Cc1ccco1.Cc1cccs1. The van der Waals surface area contributed by atoms with Crippen LogP contribution in [0.2, 0.25) is 0 Å².